The van der Waals surface area contributed by atoms with Crippen LogP contribution in [-0.2, 0) is 0 Å². The summed E-state index contributed by atoms with van der Waals surface area (Å²) in [6.07, 6.45) is 0. The summed E-state index contributed by atoms with van der Waals surface area (Å²) >= 11 is 3.75. The Kier molecular flexibility index (Phi) is 7.47. The number of pyridine rings is 1. The van der Waals surface area contributed by atoms with E-state index in [4.69, 9.17) is 4.98 Å². The summed E-state index contributed by atoms with van der Waals surface area (Å²) in [4.78, 5) is 5.48. The molecule has 0 saturated carbocycles. The van der Waals surface area contributed by atoms with Crippen molar-refractivity contribution in [1.82, 2.24) is 9.38 Å². The highest BCUT2D eigenvalue weighted by atomic mass is 32.1. The van der Waals surface area contributed by atoms with Crippen LogP contribution in [0.4, 0.5) is 0 Å². The Bertz CT molecular complexity index is 4190. The lowest BCUT2D eigenvalue weighted by atomic mass is 9.91. The first kappa shape index (κ1) is 35.0. The van der Waals surface area contributed by atoms with E-state index in [1.807, 2.05) is 22.7 Å². The highest BCUT2D eigenvalue weighted by Crippen LogP contribution is 2.45. The van der Waals surface area contributed by atoms with E-state index in [9.17, 15) is 0 Å². The third-order valence-corrected chi connectivity index (χ3v) is 15.7. The van der Waals surface area contributed by atoms with Crippen LogP contribution in [-0.4, -0.2) is 9.38 Å². The first-order valence-electron chi connectivity index (χ1n) is 21.4. The normalized spacial score (nSPS) is 12.1. The van der Waals surface area contributed by atoms with Gasteiger partial charge in [-0.2, -0.15) is 0 Å². The van der Waals surface area contributed by atoms with Crippen LogP contribution < -0.4 is 0 Å². The first-order valence-corrected chi connectivity index (χ1v) is 23.1. The summed E-state index contributed by atoms with van der Waals surface area (Å²) in [5.41, 5.74) is 12.9. The van der Waals surface area contributed by atoms with E-state index in [-0.39, 0.29) is 0 Å². The van der Waals surface area contributed by atoms with Gasteiger partial charge in [-0.3, -0.25) is 4.40 Å². The van der Waals surface area contributed by atoms with Gasteiger partial charge in [-0.15, -0.1) is 22.7 Å². The molecule has 0 saturated heterocycles. The largest absolute Gasteiger partial charge is 0.291 e. The number of fused-ring (bicyclic) bond motifs is 15. The van der Waals surface area contributed by atoms with Crippen molar-refractivity contribution in [3.8, 4) is 44.6 Å². The van der Waals surface area contributed by atoms with Crippen molar-refractivity contribution in [3.63, 3.8) is 0 Å². The zero-order chi connectivity index (χ0) is 41.2. The van der Waals surface area contributed by atoms with Crippen LogP contribution in [0.3, 0.4) is 0 Å². The molecule has 0 amide bonds. The lowest BCUT2D eigenvalue weighted by Crippen LogP contribution is -1.93. The minimum atomic E-state index is 1.01. The Morgan fingerprint density at radius 1 is 0.333 bits per heavy atom. The molecule has 4 aromatic heterocycles. The molecule has 4 heterocycles. The maximum Gasteiger partial charge on any atom is 0.156 e. The molecule has 0 aliphatic rings. The molecule has 63 heavy (non-hydrogen) atoms. The van der Waals surface area contributed by atoms with Gasteiger partial charge >= 0.3 is 0 Å². The predicted octanol–water partition coefficient (Wildman–Crippen LogP) is 17.4. The molecule has 14 aromatic rings. The van der Waals surface area contributed by atoms with E-state index < -0.39 is 0 Å². The van der Waals surface area contributed by atoms with E-state index in [0.717, 1.165) is 27.9 Å². The molecule has 0 unspecified atom stereocenters. The topological polar surface area (TPSA) is 17.3 Å². The fourth-order valence-electron chi connectivity index (χ4n) is 10.2. The number of rotatable bonds is 4. The molecule has 0 atom stereocenters. The van der Waals surface area contributed by atoms with Crippen molar-refractivity contribution in [2.45, 2.75) is 0 Å². The third kappa shape index (κ3) is 5.20. The molecule has 0 radical (unpaired) electrons. The van der Waals surface area contributed by atoms with Gasteiger partial charge in [0.15, 0.2) is 5.65 Å². The van der Waals surface area contributed by atoms with Gasteiger partial charge in [-0.05, 0) is 84.1 Å². The maximum absolute atomic E-state index is 5.48. The lowest BCUT2D eigenvalue weighted by molar-refractivity contribution is 1.25. The van der Waals surface area contributed by atoms with E-state index in [2.05, 4.69) is 211 Å². The van der Waals surface area contributed by atoms with Gasteiger partial charge in [-0.25, -0.2) is 4.98 Å². The van der Waals surface area contributed by atoms with Gasteiger partial charge in [0.05, 0.1) is 21.4 Å². The summed E-state index contributed by atoms with van der Waals surface area (Å²) < 4.78 is 7.60. The van der Waals surface area contributed by atoms with Crippen LogP contribution in [0.15, 0.2) is 206 Å². The third-order valence-electron chi connectivity index (χ3n) is 13.2. The Morgan fingerprint density at radius 2 is 0.889 bits per heavy atom. The molecule has 0 fully saturated rings. The SMILES string of the molecule is c1ccc2c(c1)ccc1c2nc2c3sc4c5ccccc5ccc4c3cc(-c3ccc(-c4ccc(-c5ccc(-c6cccc7c6sc6ccccc67)cc5)c5ccccc45)cc3)n12. The summed E-state index contributed by atoms with van der Waals surface area (Å²) in [5, 5.41) is 12.6. The van der Waals surface area contributed by atoms with Crippen molar-refractivity contribution in [1.29, 1.82) is 0 Å². The summed E-state index contributed by atoms with van der Waals surface area (Å²) in [6, 6.07) is 76.0. The van der Waals surface area contributed by atoms with Gasteiger partial charge in [0, 0.05) is 41.0 Å². The van der Waals surface area contributed by atoms with Gasteiger partial charge in [0.2, 0.25) is 0 Å². The number of aromatic nitrogens is 2. The fourth-order valence-corrected chi connectivity index (χ4v) is 12.7. The molecule has 14 rings (SSSR count). The smallest absolute Gasteiger partial charge is 0.156 e. The van der Waals surface area contributed by atoms with Crippen molar-refractivity contribution in [3.05, 3.63) is 206 Å². The number of hydrogen-bond acceptors (Lipinski definition) is 3. The van der Waals surface area contributed by atoms with E-state index in [1.54, 1.807) is 0 Å². The molecule has 4 heteroatoms. The van der Waals surface area contributed by atoms with Crippen molar-refractivity contribution < 1.29 is 0 Å². The second-order valence-corrected chi connectivity index (χ2v) is 18.7. The van der Waals surface area contributed by atoms with Crippen LogP contribution in [0, 0.1) is 0 Å². The number of hydrogen-bond donors (Lipinski definition) is 0. The predicted molar refractivity (Wildman–Crippen MR) is 273 cm³/mol. The van der Waals surface area contributed by atoms with Crippen molar-refractivity contribution in [2.24, 2.45) is 0 Å². The second-order valence-electron chi connectivity index (χ2n) is 16.6. The van der Waals surface area contributed by atoms with Gasteiger partial charge in [-0.1, -0.05) is 188 Å². The minimum absolute atomic E-state index is 1.01. The minimum Gasteiger partial charge on any atom is -0.291 e. The summed E-state index contributed by atoms with van der Waals surface area (Å²) in [5.74, 6) is 0. The average Bonchev–Trinajstić information content (AvgIpc) is 4.06. The molecule has 292 valence electrons. The monoisotopic (exact) mass is 834 g/mol. The molecular weight excluding hydrogens is 801 g/mol. The second kappa shape index (κ2) is 13.4. The van der Waals surface area contributed by atoms with Gasteiger partial charge in [0.1, 0.15) is 0 Å². The molecule has 0 aliphatic carbocycles. The number of benzene rings is 10. The van der Waals surface area contributed by atoms with Crippen molar-refractivity contribution in [2.75, 3.05) is 0 Å². The molecule has 2 nitrogen and oxygen atoms in total. The molecule has 0 bridgehead atoms. The Labute approximate surface area is 370 Å². The van der Waals surface area contributed by atoms with Crippen LogP contribution >= 0.6 is 22.7 Å². The molecule has 0 spiro atoms. The van der Waals surface area contributed by atoms with Crippen LogP contribution in [0.5, 0.6) is 0 Å². The van der Waals surface area contributed by atoms with Gasteiger partial charge in [0.25, 0.3) is 0 Å². The number of nitrogens with zero attached hydrogens (tertiary/aromatic N) is 2. The molecule has 0 aliphatic heterocycles. The zero-order valence-electron chi connectivity index (χ0n) is 33.8. The lowest BCUT2D eigenvalue weighted by Gasteiger charge is -2.14. The molecule has 10 aromatic carbocycles. The van der Waals surface area contributed by atoms with Crippen molar-refractivity contribution >= 4 is 112 Å². The Hall–Kier alpha value is -7.63. The van der Waals surface area contributed by atoms with Crippen LogP contribution in [0.2, 0.25) is 0 Å². The van der Waals surface area contributed by atoms with E-state index >= 15 is 0 Å². The summed E-state index contributed by atoms with van der Waals surface area (Å²) in [7, 11) is 0. The highest BCUT2D eigenvalue weighted by Gasteiger charge is 2.20. The van der Waals surface area contributed by atoms with Crippen LogP contribution in [0.25, 0.3) is 134 Å². The van der Waals surface area contributed by atoms with E-state index in [1.165, 1.54) is 106 Å². The maximum atomic E-state index is 5.48. The standard InChI is InChI=1S/C59H34N2S2/c1-3-12-43-35(10-1)29-33-52-55(43)60-59-58-51(50-30-28-36-11-2-4-13-44(36)57(50)63-58)34-53(61(52)59)40-26-24-38(25-27-40)42-32-31-41(46-14-5-6-15-47(42)46)37-20-22-39(23-21-37)45-17-9-18-49-48-16-7-8-19-54(48)62-56(45)49/h1-34H. The van der Waals surface area contributed by atoms with Crippen LogP contribution in [0.1, 0.15) is 0 Å². The quantitative estimate of drug-likeness (QED) is 0.173. The average molecular weight is 835 g/mol. The Morgan fingerprint density at radius 3 is 1.62 bits per heavy atom. The Balaban J connectivity index is 0.888. The number of imidazole rings is 1. The summed E-state index contributed by atoms with van der Waals surface area (Å²) in [6.45, 7) is 0. The van der Waals surface area contributed by atoms with E-state index in [0.29, 0.717) is 0 Å². The molecular formula is C59H34N2S2. The number of thiophene rings is 2. The zero-order valence-corrected chi connectivity index (χ0v) is 35.5. The van der Waals surface area contributed by atoms with Gasteiger partial charge < -0.3 is 0 Å². The highest BCUT2D eigenvalue weighted by molar-refractivity contribution is 7.27. The fraction of sp³-hybridized carbons (Fsp3) is 0. The first-order chi connectivity index (χ1) is 31.2. The molecule has 0 N–H and O–H groups in total.